The SMILES string of the molecule is CC(CO)Nc1nccc(-c2cc(C#N)c3c(ccn3C(=O)Cc3cccnc3Cl)c2)n1. The third-order valence-electron chi connectivity index (χ3n) is 4.95. The summed E-state index contributed by atoms with van der Waals surface area (Å²) in [6, 6.07) is 12.6. The molecular formula is C23H19ClN6O2. The van der Waals surface area contributed by atoms with Crippen LogP contribution in [-0.4, -0.2) is 43.2 Å². The Hall–Kier alpha value is -3.80. The molecule has 1 unspecified atom stereocenters. The zero-order chi connectivity index (χ0) is 22.7. The van der Waals surface area contributed by atoms with Crippen molar-refractivity contribution in [1.29, 1.82) is 5.26 Å². The molecule has 0 spiro atoms. The molecule has 3 heterocycles. The van der Waals surface area contributed by atoms with Crippen molar-refractivity contribution >= 4 is 34.4 Å². The first-order chi connectivity index (χ1) is 15.5. The van der Waals surface area contributed by atoms with E-state index in [2.05, 4.69) is 26.3 Å². The maximum Gasteiger partial charge on any atom is 0.235 e. The van der Waals surface area contributed by atoms with Gasteiger partial charge in [-0.1, -0.05) is 17.7 Å². The van der Waals surface area contributed by atoms with Crippen LogP contribution in [0.3, 0.4) is 0 Å². The standard InChI is InChI=1S/C23H19ClN6O2/c1-14(13-31)28-23-27-7-4-19(29-23)17-9-15-5-8-30(21(15)18(10-17)12-25)20(32)11-16-3-2-6-26-22(16)24/h2-10,14,31H,11,13H2,1H3,(H,27,28,29). The molecule has 160 valence electrons. The highest BCUT2D eigenvalue weighted by atomic mass is 35.5. The van der Waals surface area contributed by atoms with E-state index in [4.69, 9.17) is 11.6 Å². The molecule has 32 heavy (non-hydrogen) atoms. The Morgan fingerprint density at radius 2 is 2.12 bits per heavy atom. The van der Waals surface area contributed by atoms with Crippen molar-refractivity contribution in [3.8, 4) is 17.3 Å². The van der Waals surface area contributed by atoms with E-state index >= 15 is 0 Å². The predicted molar refractivity (Wildman–Crippen MR) is 121 cm³/mol. The number of rotatable bonds is 6. The molecule has 8 nitrogen and oxygen atoms in total. The van der Waals surface area contributed by atoms with Crippen molar-refractivity contribution in [2.24, 2.45) is 0 Å². The van der Waals surface area contributed by atoms with Gasteiger partial charge in [0.15, 0.2) is 0 Å². The summed E-state index contributed by atoms with van der Waals surface area (Å²) in [5, 5.41) is 23.1. The van der Waals surface area contributed by atoms with Crippen LogP contribution in [0.25, 0.3) is 22.2 Å². The number of hydrogen-bond acceptors (Lipinski definition) is 7. The first-order valence-electron chi connectivity index (χ1n) is 9.88. The van der Waals surface area contributed by atoms with Gasteiger partial charge in [-0.25, -0.2) is 15.0 Å². The number of hydrogen-bond donors (Lipinski definition) is 2. The third-order valence-corrected chi connectivity index (χ3v) is 5.29. The Morgan fingerprint density at radius 1 is 1.28 bits per heavy atom. The van der Waals surface area contributed by atoms with Gasteiger partial charge in [0.1, 0.15) is 11.2 Å². The summed E-state index contributed by atoms with van der Waals surface area (Å²) in [5.41, 5.74) is 2.84. The number of halogens is 1. The van der Waals surface area contributed by atoms with Crippen molar-refractivity contribution in [3.63, 3.8) is 0 Å². The number of aliphatic hydroxyl groups excluding tert-OH is 1. The van der Waals surface area contributed by atoms with E-state index in [9.17, 15) is 15.2 Å². The molecule has 0 fully saturated rings. The van der Waals surface area contributed by atoms with Crippen LogP contribution in [0.4, 0.5) is 5.95 Å². The molecule has 0 aliphatic heterocycles. The number of benzene rings is 1. The normalized spacial score (nSPS) is 11.8. The van der Waals surface area contributed by atoms with Crippen molar-refractivity contribution in [1.82, 2.24) is 19.5 Å². The summed E-state index contributed by atoms with van der Waals surface area (Å²) in [6.07, 6.45) is 4.89. The zero-order valence-electron chi connectivity index (χ0n) is 17.2. The minimum atomic E-state index is -0.217. The van der Waals surface area contributed by atoms with E-state index in [1.807, 2.05) is 13.0 Å². The van der Waals surface area contributed by atoms with Gasteiger partial charge >= 0.3 is 0 Å². The van der Waals surface area contributed by atoms with Crippen molar-refractivity contribution in [3.05, 3.63) is 71.3 Å². The number of carbonyl (C=O) groups excluding carboxylic acids is 1. The van der Waals surface area contributed by atoms with Crippen LogP contribution in [0.1, 0.15) is 22.8 Å². The Labute approximate surface area is 189 Å². The average Bonchev–Trinajstić information content (AvgIpc) is 3.24. The fourth-order valence-electron chi connectivity index (χ4n) is 3.38. The number of fused-ring (bicyclic) bond motifs is 1. The average molecular weight is 447 g/mol. The summed E-state index contributed by atoms with van der Waals surface area (Å²) >= 11 is 6.09. The van der Waals surface area contributed by atoms with E-state index in [0.29, 0.717) is 28.3 Å². The Kier molecular flexibility index (Phi) is 6.12. The van der Waals surface area contributed by atoms with Crippen LogP contribution in [0, 0.1) is 11.3 Å². The lowest BCUT2D eigenvalue weighted by molar-refractivity contribution is 0.0919. The lowest BCUT2D eigenvalue weighted by Crippen LogP contribution is -2.20. The molecule has 0 radical (unpaired) electrons. The summed E-state index contributed by atoms with van der Waals surface area (Å²) in [7, 11) is 0. The van der Waals surface area contributed by atoms with E-state index in [1.54, 1.807) is 48.9 Å². The van der Waals surface area contributed by atoms with Gasteiger partial charge in [-0.3, -0.25) is 9.36 Å². The second kappa shape index (κ2) is 9.14. The highest BCUT2D eigenvalue weighted by molar-refractivity contribution is 6.30. The fourth-order valence-corrected chi connectivity index (χ4v) is 3.56. The quantitative estimate of drug-likeness (QED) is 0.434. The smallest absolute Gasteiger partial charge is 0.235 e. The summed E-state index contributed by atoms with van der Waals surface area (Å²) in [4.78, 5) is 25.6. The summed E-state index contributed by atoms with van der Waals surface area (Å²) < 4.78 is 1.47. The molecule has 1 aromatic carbocycles. The largest absolute Gasteiger partial charge is 0.394 e. The lowest BCUT2D eigenvalue weighted by atomic mass is 10.0. The highest BCUT2D eigenvalue weighted by Crippen LogP contribution is 2.28. The van der Waals surface area contributed by atoms with Crippen LogP contribution in [0.2, 0.25) is 5.15 Å². The van der Waals surface area contributed by atoms with Crippen LogP contribution in [-0.2, 0) is 6.42 Å². The second-order valence-corrected chi connectivity index (χ2v) is 7.63. The van der Waals surface area contributed by atoms with E-state index in [0.717, 1.165) is 10.9 Å². The van der Waals surface area contributed by atoms with Crippen LogP contribution in [0.5, 0.6) is 0 Å². The monoisotopic (exact) mass is 446 g/mol. The lowest BCUT2D eigenvalue weighted by Gasteiger charge is -2.12. The first-order valence-corrected chi connectivity index (χ1v) is 10.3. The molecule has 0 aliphatic carbocycles. The summed E-state index contributed by atoms with van der Waals surface area (Å²) in [5.74, 6) is 0.161. The third kappa shape index (κ3) is 4.30. The molecule has 0 saturated heterocycles. The molecule has 4 rings (SSSR count). The van der Waals surface area contributed by atoms with E-state index in [-0.39, 0.29) is 30.1 Å². The van der Waals surface area contributed by atoms with Gasteiger partial charge in [-0.15, -0.1) is 0 Å². The highest BCUT2D eigenvalue weighted by Gasteiger charge is 2.17. The zero-order valence-corrected chi connectivity index (χ0v) is 17.9. The number of carbonyl (C=O) groups is 1. The molecule has 1 atom stereocenters. The second-order valence-electron chi connectivity index (χ2n) is 7.28. The number of nitrogens with one attached hydrogen (secondary N) is 1. The van der Waals surface area contributed by atoms with Crippen LogP contribution in [0.15, 0.2) is 55.0 Å². The van der Waals surface area contributed by atoms with E-state index < -0.39 is 0 Å². The van der Waals surface area contributed by atoms with Crippen LogP contribution < -0.4 is 5.32 Å². The summed E-state index contributed by atoms with van der Waals surface area (Å²) in [6.45, 7) is 1.76. The molecule has 2 N–H and O–H groups in total. The van der Waals surface area contributed by atoms with Crippen molar-refractivity contribution in [2.45, 2.75) is 19.4 Å². The van der Waals surface area contributed by atoms with Crippen molar-refractivity contribution < 1.29 is 9.90 Å². The number of aromatic nitrogens is 4. The van der Waals surface area contributed by atoms with E-state index in [1.165, 1.54) is 4.57 Å². The number of nitrogens with zero attached hydrogens (tertiary/aromatic N) is 5. The predicted octanol–water partition coefficient (Wildman–Crippen LogP) is 3.69. The van der Waals surface area contributed by atoms with Gasteiger partial charge in [-0.2, -0.15) is 5.26 Å². The number of pyridine rings is 1. The molecule has 4 aromatic rings. The molecule has 0 amide bonds. The molecule has 9 heteroatoms. The number of anilines is 1. The molecule has 0 bridgehead atoms. The maximum atomic E-state index is 13.0. The first kappa shape index (κ1) is 21.4. The van der Waals surface area contributed by atoms with Gasteiger partial charge in [0.25, 0.3) is 0 Å². The van der Waals surface area contributed by atoms with Gasteiger partial charge in [0, 0.05) is 35.6 Å². The minimum absolute atomic E-state index is 0.0517. The molecular weight excluding hydrogens is 428 g/mol. The van der Waals surface area contributed by atoms with Gasteiger partial charge in [0.2, 0.25) is 11.9 Å². The Balaban J connectivity index is 1.71. The maximum absolute atomic E-state index is 13.0. The Bertz CT molecular complexity index is 1340. The number of aliphatic hydroxyl groups is 1. The van der Waals surface area contributed by atoms with Crippen molar-refractivity contribution in [2.75, 3.05) is 11.9 Å². The van der Waals surface area contributed by atoms with Gasteiger partial charge in [0.05, 0.1) is 29.8 Å². The molecule has 0 aliphatic rings. The minimum Gasteiger partial charge on any atom is -0.394 e. The topological polar surface area (TPSA) is 117 Å². The fraction of sp³-hybridized carbons (Fsp3) is 0.174. The molecule has 3 aromatic heterocycles. The Morgan fingerprint density at radius 3 is 2.88 bits per heavy atom. The van der Waals surface area contributed by atoms with Crippen LogP contribution >= 0.6 is 11.6 Å². The van der Waals surface area contributed by atoms with Gasteiger partial charge < -0.3 is 10.4 Å². The number of nitriles is 1. The van der Waals surface area contributed by atoms with Gasteiger partial charge in [-0.05, 0) is 42.8 Å². The molecule has 0 saturated carbocycles.